The Morgan fingerprint density at radius 3 is 2.50 bits per heavy atom. The highest BCUT2D eigenvalue weighted by atomic mass is 32.2. The quantitative estimate of drug-likeness (QED) is 0.772. The Bertz CT molecular complexity index is 734. The van der Waals surface area contributed by atoms with Crippen LogP contribution in [0.4, 0.5) is 5.69 Å². The van der Waals surface area contributed by atoms with Gasteiger partial charge in [0.2, 0.25) is 11.8 Å². The number of aromatic hydroxyl groups is 1. The Morgan fingerprint density at radius 2 is 2.05 bits per heavy atom. The summed E-state index contributed by atoms with van der Waals surface area (Å²) in [5.74, 6) is 0.774. The number of sulfonamides is 1. The van der Waals surface area contributed by atoms with Crippen molar-refractivity contribution in [3.05, 3.63) is 18.2 Å². The Hall–Kier alpha value is -2.53. The number of anilines is 1. The summed E-state index contributed by atoms with van der Waals surface area (Å²) in [4.78, 5) is 23.5. The molecule has 1 aromatic rings. The Kier molecular flexibility index (Phi) is 5.54. The molecule has 2 amide bonds. The van der Waals surface area contributed by atoms with Gasteiger partial charge in [-0.3, -0.25) is 14.5 Å². The van der Waals surface area contributed by atoms with Crippen molar-refractivity contribution in [3.8, 4) is 18.1 Å². The first-order chi connectivity index (χ1) is 10.2. The number of amides is 2. The molecule has 0 spiro atoms. The molecule has 0 bridgehead atoms. The molecule has 0 unspecified atom stereocenters. The van der Waals surface area contributed by atoms with Crippen LogP contribution < -0.4 is 9.62 Å². The molecule has 0 saturated carbocycles. The van der Waals surface area contributed by atoms with E-state index in [-0.39, 0.29) is 23.5 Å². The molecule has 0 saturated heterocycles. The molecule has 0 atom stereocenters. The van der Waals surface area contributed by atoms with Gasteiger partial charge in [0.1, 0.15) is 5.75 Å². The third kappa shape index (κ3) is 3.99. The summed E-state index contributed by atoms with van der Waals surface area (Å²) < 4.78 is 25.7. The number of rotatable bonds is 5. The lowest BCUT2D eigenvalue weighted by molar-refractivity contribution is -0.119. The van der Waals surface area contributed by atoms with E-state index in [0.29, 0.717) is 0 Å². The van der Waals surface area contributed by atoms with Crippen LogP contribution in [0, 0.1) is 12.3 Å². The maximum absolute atomic E-state index is 11.9. The predicted molar refractivity (Wildman–Crippen MR) is 80.6 cm³/mol. The molecule has 0 fully saturated rings. The predicted octanol–water partition coefficient (Wildman–Crippen LogP) is 0.593. The smallest absolute Gasteiger partial charge is 0.264 e. The molecule has 8 heteroatoms. The maximum atomic E-state index is 11.9. The van der Waals surface area contributed by atoms with Crippen LogP contribution in [0.5, 0.6) is 5.75 Å². The summed E-state index contributed by atoms with van der Waals surface area (Å²) >= 11 is 0. The van der Waals surface area contributed by atoms with Crippen molar-refractivity contribution >= 4 is 27.5 Å². The van der Waals surface area contributed by atoms with Crippen molar-refractivity contribution in [1.82, 2.24) is 4.72 Å². The van der Waals surface area contributed by atoms with E-state index in [1.807, 2.05) is 4.72 Å². The molecular formula is C14H16N2O5S. The maximum Gasteiger partial charge on any atom is 0.264 e. The van der Waals surface area contributed by atoms with E-state index in [1.54, 1.807) is 0 Å². The van der Waals surface area contributed by atoms with Crippen LogP contribution in [0.15, 0.2) is 23.1 Å². The lowest BCUT2D eigenvalue weighted by Gasteiger charge is -2.20. The van der Waals surface area contributed by atoms with Crippen LogP contribution in [-0.2, 0) is 19.6 Å². The van der Waals surface area contributed by atoms with E-state index in [0.717, 1.165) is 11.0 Å². The molecule has 0 aliphatic heterocycles. The zero-order valence-corrected chi connectivity index (χ0v) is 13.0. The van der Waals surface area contributed by atoms with Gasteiger partial charge in [-0.2, -0.15) is 0 Å². The van der Waals surface area contributed by atoms with E-state index >= 15 is 0 Å². The largest absolute Gasteiger partial charge is 0.506 e. The summed E-state index contributed by atoms with van der Waals surface area (Å²) in [6, 6.07) is 3.37. The highest BCUT2D eigenvalue weighted by Gasteiger charge is 2.21. The fraction of sp³-hybridized carbons (Fsp3) is 0.286. The number of nitrogens with one attached hydrogen (secondary N) is 1. The Morgan fingerprint density at radius 1 is 1.41 bits per heavy atom. The van der Waals surface area contributed by atoms with Crippen LogP contribution in [0.2, 0.25) is 0 Å². The second-order valence-corrected chi connectivity index (χ2v) is 6.02. The van der Waals surface area contributed by atoms with Crippen LogP contribution in [0.1, 0.15) is 20.3 Å². The lowest BCUT2D eigenvalue weighted by atomic mass is 10.2. The van der Waals surface area contributed by atoms with Gasteiger partial charge in [-0.05, 0) is 12.1 Å². The minimum absolute atomic E-state index is 0.00355. The van der Waals surface area contributed by atoms with Gasteiger partial charge in [0.05, 0.1) is 17.1 Å². The van der Waals surface area contributed by atoms with Crippen molar-refractivity contribution in [2.24, 2.45) is 0 Å². The average molecular weight is 324 g/mol. The second-order valence-electron chi connectivity index (χ2n) is 4.34. The van der Waals surface area contributed by atoms with Crippen molar-refractivity contribution in [3.63, 3.8) is 0 Å². The van der Waals surface area contributed by atoms with Gasteiger partial charge in [0.25, 0.3) is 10.0 Å². The SMILES string of the molecule is C#CCN(C(C)=O)c1ccc(S(=O)(=O)NC(=O)CC)cc1O. The Labute approximate surface area is 129 Å². The van der Waals surface area contributed by atoms with Crippen molar-refractivity contribution in [1.29, 1.82) is 0 Å². The summed E-state index contributed by atoms with van der Waals surface area (Å²) in [6.45, 7) is 2.71. The molecule has 0 radical (unpaired) electrons. The van der Waals surface area contributed by atoms with E-state index in [2.05, 4.69) is 5.92 Å². The van der Waals surface area contributed by atoms with Crippen LogP contribution in [0.25, 0.3) is 0 Å². The van der Waals surface area contributed by atoms with Crippen molar-refractivity contribution in [2.45, 2.75) is 25.2 Å². The molecule has 0 aliphatic carbocycles. The Balaban J connectivity index is 3.21. The minimum atomic E-state index is -4.07. The van der Waals surface area contributed by atoms with Gasteiger partial charge in [-0.25, -0.2) is 13.1 Å². The fourth-order valence-electron chi connectivity index (χ4n) is 1.64. The van der Waals surface area contributed by atoms with Gasteiger partial charge in [0.15, 0.2) is 0 Å². The molecule has 7 nitrogen and oxygen atoms in total. The molecular weight excluding hydrogens is 308 g/mol. The van der Waals surface area contributed by atoms with Crippen LogP contribution in [0.3, 0.4) is 0 Å². The topological polar surface area (TPSA) is 104 Å². The third-order valence-electron chi connectivity index (χ3n) is 2.75. The fourth-order valence-corrected chi connectivity index (χ4v) is 2.71. The highest BCUT2D eigenvalue weighted by Crippen LogP contribution is 2.29. The van der Waals surface area contributed by atoms with E-state index in [4.69, 9.17) is 6.42 Å². The molecule has 0 aromatic heterocycles. The molecule has 118 valence electrons. The number of carbonyl (C=O) groups excluding carboxylic acids is 2. The lowest BCUT2D eigenvalue weighted by Crippen LogP contribution is -2.30. The monoisotopic (exact) mass is 324 g/mol. The van der Waals surface area contributed by atoms with Crippen LogP contribution in [-0.4, -0.2) is 31.9 Å². The molecule has 1 rings (SSSR count). The first-order valence-electron chi connectivity index (χ1n) is 6.33. The van der Waals surface area contributed by atoms with Gasteiger partial charge >= 0.3 is 0 Å². The summed E-state index contributed by atoms with van der Waals surface area (Å²) in [6.07, 6.45) is 5.16. The zero-order valence-electron chi connectivity index (χ0n) is 12.2. The number of carbonyl (C=O) groups is 2. The average Bonchev–Trinajstić information content (AvgIpc) is 2.44. The molecule has 0 heterocycles. The summed E-state index contributed by atoms with van der Waals surface area (Å²) in [5.41, 5.74) is 0.0891. The summed E-state index contributed by atoms with van der Waals surface area (Å²) in [5, 5.41) is 9.95. The minimum Gasteiger partial charge on any atom is -0.506 e. The number of hydrogen-bond acceptors (Lipinski definition) is 5. The van der Waals surface area contributed by atoms with Crippen molar-refractivity contribution < 1.29 is 23.1 Å². The first kappa shape index (κ1) is 17.5. The zero-order chi connectivity index (χ0) is 16.9. The van der Waals surface area contributed by atoms with E-state index < -0.39 is 27.6 Å². The molecule has 22 heavy (non-hydrogen) atoms. The summed E-state index contributed by atoms with van der Waals surface area (Å²) in [7, 11) is -4.07. The molecule has 1 aromatic carbocycles. The molecule has 0 aliphatic rings. The third-order valence-corrected chi connectivity index (χ3v) is 4.12. The number of terminal acetylenes is 1. The highest BCUT2D eigenvalue weighted by molar-refractivity contribution is 7.90. The number of phenols is 1. The number of hydrogen-bond donors (Lipinski definition) is 2. The second kappa shape index (κ2) is 6.95. The van der Waals surface area contributed by atoms with E-state index in [9.17, 15) is 23.1 Å². The van der Waals surface area contributed by atoms with Crippen molar-refractivity contribution in [2.75, 3.05) is 11.4 Å². The first-order valence-corrected chi connectivity index (χ1v) is 7.81. The van der Waals surface area contributed by atoms with E-state index in [1.165, 1.54) is 26.0 Å². The van der Waals surface area contributed by atoms with Gasteiger partial charge in [-0.1, -0.05) is 12.8 Å². The standard InChI is InChI=1S/C14H16N2O5S/c1-4-8-16(10(3)17)12-7-6-11(9-13(12)18)22(20,21)15-14(19)5-2/h1,6-7,9,18H,5,8H2,2-3H3,(H,15,19). The number of phenolic OH excluding ortho intramolecular Hbond substituents is 1. The van der Waals surface area contributed by atoms with Gasteiger partial charge in [0, 0.05) is 19.4 Å². The van der Waals surface area contributed by atoms with Crippen LogP contribution >= 0.6 is 0 Å². The van der Waals surface area contributed by atoms with Gasteiger partial charge < -0.3 is 5.11 Å². The number of nitrogens with zero attached hydrogens (tertiary/aromatic N) is 1. The van der Waals surface area contributed by atoms with Gasteiger partial charge in [-0.15, -0.1) is 6.42 Å². The molecule has 2 N–H and O–H groups in total. The number of benzene rings is 1. The normalized spacial score (nSPS) is 10.6.